The summed E-state index contributed by atoms with van der Waals surface area (Å²) in [7, 11) is 1.51. The lowest BCUT2D eigenvalue weighted by molar-refractivity contribution is 0.102. The number of nitrogen functional groups attached to an aromatic ring is 1. The van der Waals surface area contributed by atoms with Crippen LogP contribution in [0.15, 0.2) is 36.5 Å². The maximum absolute atomic E-state index is 12.2. The van der Waals surface area contributed by atoms with Gasteiger partial charge in [0.05, 0.1) is 18.4 Å². The highest BCUT2D eigenvalue weighted by Gasteiger charge is 2.14. The zero-order chi connectivity index (χ0) is 14.5. The topological polar surface area (TPSA) is 89.3 Å². The first-order valence-corrected chi connectivity index (χ1v) is 6.10. The van der Waals surface area contributed by atoms with E-state index in [-0.39, 0.29) is 11.7 Å². The standard InChI is InChI=1S/C13H13ClN4O2/c1-20-11-5-4-8(14)7-10(11)17-13(19)9-3-2-6-16-12(9)18-15/h2-7H,15H2,1H3,(H,16,18)(H,17,19). The Morgan fingerprint density at radius 1 is 1.40 bits per heavy atom. The van der Waals surface area contributed by atoms with Gasteiger partial charge in [0.2, 0.25) is 0 Å². The number of ether oxygens (including phenoxy) is 1. The number of hydrogen-bond donors (Lipinski definition) is 3. The van der Waals surface area contributed by atoms with Crippen LogP contribution in [0.5, 0.6) is 5.75 Å². The van der Waals surface area contributed by atoms with Crippen molar-refractivity contribution in [3.63, 3.8) is 0 Å². The predicted molar refractivity (Wildman–Crippen MR) is 78.0 cm³/mol. The highest BCUT2D eigenvalue weighted by atomic mass is 35.5. The number of benzene rings is 1. The molecule has 7 heteroatoms. The van der Waals surface area contributed by atoms with Crippen LogP contribution in [0, 0.1) is 0 Å². The lowest BCUT2D eigenvalue weighted by Gasteiger charge is -2.12. The Hall–Kier alpha value is -2.31. The van der Waals surface area contributed by atoms with Crippen LogP contribution in [0.3, 0.4) is 0 Å². The second-order valence-corrected chi connectivity index (χ2v) is 4.28. The van der Waals surface area contributed by atoms with E-state index in [0.29, 0.717) is 22.0 Å². The molecule has 0 fully saturated rings. The fraction of sp³-hybridized carbons (Fsp3) is 0.0769. The maximum Gasteiger partial charge on any atom is 0.259 e. The summed E-state index contributed by atoms with van der Waals surface area (Å²) in [6, 6.07) is 8.19. The fourth-order valence-corrected chi connectivity index (χ4v) is 1.84. The largest absolute Gasteiger partial charge is 0.495 e. The van der Waals surface area contributed by atoms with Crippen LogP contribution in [0.1, 0.15) is 10.4 Å². The molecule has 1 heterocycles. The minimum atomic E-state index is -0.369. The summed E-state index contributed by atoms with van der Waals surface area (Å²) in [6.07, 6.45) is 1.53. The molecule has 0 atom stereocenters. The van der Waals surface area contributed by atoms with Crippen LogP contribution in [-0.4, -0.2) is 18.0 Å². The molecule has 0 unspecified atom stereocenters. The number of anilines is 2. The van der Waals surface area contributed by atoms with Gasteiger partial charge in [0.25, 0.3) is 5.91 Å². The molecule has 0 radical (unpaired) electrons. The summed E-state index contributed by atoms with van der Waals surface area (Å²) in [4.78, 5) is 16.2. The Bertz CT molecular complexity index is 634. The zero-order valence-electron chi connectivity index (χ0n) is 10.7. The molecule has 20 heavy (non-hydrogen) atoms. The number of hydrogen-bond acceptors (Lipinski definition) is 5. The van der Waals surface area contributed by atoms with Crippen molar-refractivity contribution in [3.05, 3.63) is 47.1 Å². The molecule has 0 aliphatic carbocycles. The molecule has 0 spiro atoms. The van der Waals surface area contributed by atoms with Gasteiger partial charge in [-0.1, -0.05) is 11.6 Å². The third-order valence-corrected chi connectivity index (χ3v) is 2.83. The van der Waals surface area contributed by atoms with Gasteiger partial charge in [0.1, 0.15) is 5.75 Å². The Kier molecular flexibility index (Phi) is 4.39. The summed E-state index contributed by atoms with van der Waals surface area (Å²) >= 11 is 5.91. The Balaban J connectivity index is 2.30. The van der Waals surface area contributed by atoms with Gasteiger partial charge in [0.15, 0.2) is 5.82 Å². The van der Waals surface area contributed by atoms with E-state index in [2.05, 4.69) is 15.7 Å². The van der Waals surface area contributed by atoms with Crippen LogP contribution >= 0.6 is 11.6 Å². The number of carbonyl (C=O) groups is 1. The van der Waals surface area contributed by atoms with Crippen molar-refractivity contribution >= 4 is 29.0 Å². The summed E-state index contributed by atoms with van der Waals surface area (Å²) in [5, 5.41) is 3.20. The summed E-state index contributed by atoms with van der Waals surface area (Å²) in [6.45, 7) is 0. The molecule has 0 aliphatic rings. The normalized spacial score (nSPS) is 9.95. The van der Waals surface area contributed by atoms with E-state index in [4.69, 9.17) is 22.2 Å². The van der Waals surface area contributed by atoms with Crippen molar-refractivity contribution < 1.29 is 9.53 Å². The van der Waals surface area contributed by atoms with Crippen LogP contribution in [0.4, 0.5) is 11.5 Å². The second-order valence-electron chi connectivity index (χ2n) is 3.84. The number of hydrazine groups is 1. The third-order valence-electron chi connectivity index (χ3n) is 2.60. The first-order valence-electron chi connectivity index (χ1n) is 5.72. The molecule has 6 nitrogen and oxygen atoms in total. The molecule has 1 aromatic heterocycles. The summed E-state index contributed by atoms with van der Waals surface area (Å²) in [5.41, 5.74) is 3.16. The monoisotopic (exact) mass is 292 g/mol. The first kappa shape index (κ1) is 14.1. The van der Waals surface area contributed by atoms with Crippen molar-refractivity contribution in [2.24, 2.45) is 5.84 Å². The molecule has 2 rings (SSSR count). The molecule has 0 saturated heterocycles. The molecule has 4 N–H and O–H groups in total. The van der Waals surface area contributed by atoms with Gasteiger partial charge in [-0.25, -0.2) is 10.8 Å². The number of halogens is 1. The van der Waals surface area contributed by atoms with Gasteiger partial charge in [-0.2, -0.15) is 0 Å². The average Bonchev–Trinajstić information content (AvgIpc) is 2.47. The molecule has 104 valence electrons. The molecule has 1 aromatic carbocycles. The minimum absolute atomic E-state index is 0.283. The van der Waals surface area contributed by atoms with Crippen LogP contribution in [0.25, 0.3) is 0 Å². The van der Waals surface area contributed by atoms with Gasteiger partial charge in [-0.15, -0.1) is 0 Å². The number of nitrogens with zero attached hydrogens (tertiary/aromatic N) is 1. The van der Waals surface area contributed by atoms with Gasteiger partial charge >= 0.3 is 0 Å². The third kappa shape index (κ3) is 2.98. The van der Waals surface area contributed by atoms with Crippen molar-refractivity contribution in [2.45, 2.75) is 0 Å². The van der Waals surface area contributed by atoms with E-state index in [0.717, 1.165) is 0 Å². The Labute approximate surface area is 120 Å². The summed E-state index contributed by atoms with van der Waals surface area (Å²) < 4.78 is 5.16. The van der Waals surface area contributed by atoms with Crippen LogP contribution in [0.2, 0.25) is 5.02 Å². The zero-order valence-corrected chi connectivity index (χ0v) is 11.4. The van der Waals surface area contributed by atoms with Crippen LogP contribution < -0.4 is 21.3 Å². The number of aromatic nitrogens is 1. The molecule has 2 aromatic rings. The number of carbonyl (C=O) groups excluding carboxylic acids is 1. The van der Waals surface area contributed by atoms with E-state index >= 15 is 0 Å². The quantitative estimate of drug-likeness (QED) is 0.594. The van der Waals surface area contributed by atoms with Gasteiger partial charge in [-0.3, -0.25) is 4.79 Å². The van der Waals surface area contributed by atoms with Crippen molar-refractivity contribution in [1.82, 2.24) is 4.98 Å². The molecule has 0 bridgehead atoms. The smallest absolute Gasteiger partial charge is 0.259 e. The number of methoxy groups -OCH3 is 1. The number of rotatable bonds is 4. The average molecular weight is 293 g/mol. The lowest BCUT2D eigenvalue weighted by Crippen LogP contribution is -2.18. The predicted octanol–water partition coefficient (Wildman–Crippen LogP) is 2.28. The maximum atomic E-state index is 12.2. The van der Waals surface area contributed by atoms with Gasteiger partial charge in [-0.05, 0) is 30.3 Å². The summed E-state index contributed by atoms with van der Waals surface area (Å²) in [5.74, 6) is 5.75. The Morgan fingerprint density at radius 2 is 2.20 bits per heavy atom. The number of amides is 1. The molecule has 0 saturated carbocycles. The fourth-order valence-electron chi connectivity index (χ4n) is 1.67. The van der Waals surface area contributed by atoms with Crippen molar-refractivity contribution in [1.29, 1.82) is 0 Å². The SMILES string of the molecule is COc1ccc(Cl)cc1NC(=O)c1cccnc1NN. The van der Waals surface area contributed by atoms with Gasteiger partial charge in [0, 0.05) is 11.2 Å². The van der Waals surface area contributed by atoms with E-state index in [1.165, 1.54) is 13.3 Å². The molecule has 1 amide bonds. The minimum Gasteiger partial charge on any atom is -0.495 e. The van der Waals surface area contributed by atoms with E-state index in [1.54, 1.807) is 30.3 Å². The van der Waals surface area contributed by atoms with Gasteiger partial charge < -0.3 is 15.5 Å². The van der Waals surface area contributed by atoms with Crippen molar-refractivity contribution in [2.75, 3.05) is 17.9 Å². The van der Waals surface area contributed by atoms with E-state index < -0.39 is 0 Å². The molecular formula is C13H13ClN4O2. The first-order chi connectivity index (χ1) is 9.65. The molecular weight excluding hydrogens is 280 g/mol. The highest BCUT2D eigenvalue weighted by Crippen LogP contribution is 2.28. The lowest BCUT2D eigenvalue weighted by atomic mass is 10.2. The highest BCUT2D eigenvalue weighted by molar-refractivity contribution is 6.31. The molecule has 0 aliphatic heterocycles. The Morgan fingerprint density at radius 3 is 2.90 bits per heavy atom. The van der Waals surface area contributed by atoms with Crippen LogP contribution in [-0.2, 0) is 0 Å². The second kappa shape index (κ2) is 6.23. The van der Waals surface area contributed by atoms with E-state index in [9.17, 15) is 4.79 Å². The van der Waals surface area contributed by atoms with E-state index in [1.807, 2.05) is 0 Å². The number of nitrogens with one attached hydrogen (secondary N) is 2. The number of nitrogens with two attached hydrogens (primary N) is 1. The number of pyridine rings is 1. The van der Waals surface area contributed by atoms with Crippen molar-refractivity contribution in [3.8, 4) is 5.75 Å².